The Morgan fingerprint density at radius 2 is 2.03 bits per heavy atom. The Kier molecular flexibility index (Phi) is 7.48. The lowest BCUT2D eigenvalue weighted by Gasteiger charge is -2.23. The van der Waals surface area contributed by atoms with Gasteiger partial charge in [-0.25, -0.2) is 9.97 Å². The van der Waals surface area contributed by atoms with Crippen LogP contribution in [0.4, 0.5) is 11.8 Å². The number of nitrogen functional groups attached to an aromatic ring is 1. The molecular weight excluding hydrogens is 454 g/mol. The number of ether oxygens (including phenoxy) is 2. The Labute approximate surface area is 211 Å². The predicted molar refractivity (Wildman–Crippen MR) is 143 cm³/mol. The van der Waals surface area contributed by atoms with E-state index < -0.39 is 0 Å². The summed E-state index contributed by atoms with van der Waals surface area (Å²) in [5.74, 6) is 1.64. The molecule has 1 fully saturated rings. The predicted octanol–water partition coefficient (Wildman–Crippen LogP) is 4.10. The largest absolute Gasteiger partial charge is 0.481 e. The normalized spacial score (nSPS) is 14.5. The molecule has 1 saturated heterocycles. The number of anilines is 2. The molecule has 0 unspecified atom stereocenters. The molecule has 1 aliphatic heterocycles. The van der Waals surface area contributed by atoms with E-state index >= 15 is 0 Å². The number of nitrogens with two attached hydrogens (primary N) is 1. The van der Waals surface area contributed by atoms with Gasteiger partial charge in [0.25, 0.3) is 0 Å². The first-order valence-electron chi connectivity index (χ1n) is 12.8. The van der Waals surface area contributed by atoms with Gasteiger partial charge in [-0.1, -0.05) is 31.5 Å². The second-order valence-corrected chi connectivity index (χ2v) is 9.29. The summed E-state index contributed by atoms with van der Waals surface area (Å²) in [5.41, 5.74) is 11.1. The van der Waals surface area contributed by atoms with E-state index in [0.717, 1.165) is 90.9 Å². The number of methoxy groups -OCH3 is 1. The quantitative estimate of drug-likeness (QED) is 0.286. The third-order valence-electron chi connectivity index (χ3n) is 6.76. The van der Waals surface area contributed by atoms with Crippen molar-refractivity contribution in [1.29, 1.82) is 0 Å². The Hall–Kier alpha value is -3.43. The highest BCUT2D eigenvalue weighted by Gasteiger charge is 2.20. The van der Waals surface area contributed by atoms with Crippen LogP contribution in [0, 0.1) is 0 Å². The highest BCUT2D eigenvalue weighted by atomic mass is 16.5. The average Bonchev–Trinajstić information content (AvgIpc) is 3.21. The van der Waals surface area contributed by atoms with Crippen molar-refractivity contribution < 1.29 is 9.47 Å². The van der Waals surface area contributed by atoms with Crippen molar-refractivity contribution in [3.05, 3.63) is 47.7 Å². The van der Waals surface area contributed by atoms with Crippen LogP contribution in [-0.4, -0.2) is 52.4 Å². The highest BCUT2D eigenvalue weighted by molar-refractivity contribution is 6.09. The summed E-state index contributed by atoms with van der Waals surface area (Å²) in [5, 5.41) is 8.19. The number of unbranched alkanes of at least 4 members (excludes halogenated alkanes) is 1. The topological polar surface area (TPSA) is 112 Å². The van der Waals surface area contributed by atoms with Gasteiger partial charge in [-0.2, -0.15) is 4.98 Å². The van der Waals surface area contributed by atoms with Gasteiger partial charge >= 0.3 is 0 Å². The smallest absolute Gasteiger partial charge is 0.222 e. The first-order valence-corrected chi connectivity index (χ1v) is 12.8. The van der Waals surface area contributed by atoms with Gasteiger partial charge in [0.05, 0.1) is 19.2 Å². The van der Waals surface area contributed by atoms with Crippen molar-refractivity contribution in [2.24, 2.45) is 0 Å². The molecule has 1 aromatic carbocycles. The molecule has 0 spiro atoms. The lowest BCUT2D eigenvalue weighted by atomic mass is 10.1. The van der Waals surface area contributed by atoms with Gasteiger partial charge in [-0.15, -0.1) is 0 Å². The molecule has 0 atom stereocenters. The molecule has 5 rings (SSSR count). The molecule has 0 amide bonds. The number of para-hydroxylation sites is 1. The zero-order valence-corrected chi connectivity index (χ0v) is 21.1. The van der Waals surface area contributed by atoms with Gasteiger partial charge in [0.1, 0.15) is 11.0 Å². The molecule has 0 aliphatic carbocycles. The van der Waals surface area contributed by atoms with Crippen molar-refractivity contribution in [2.75, 3.05) is 37.9 Å². The van der Waals surface area contributed by atoms with Crippen molar-refractivity contribution in [2.45, 2.75) is 51.7 Å². The van der Waals surface area contributed by atoms with Crippen LogP contribution in [0.2, 0.25) is 0 Å². The number of rotatable bonds is 10. The molecule has 4 N–H and O–H groups in total. The Morgan fingerprint density at radius 3 is 2.83 bits per heavy atom. The molecule has 9 nitrogen and oxygen atoms in total. The van der Waals surface area contributed by atoms with Gasteiger partial charge < -0.3 is 30.4 Å². The number of aromatic nitrogens is 4. The minimum absolute atomic E-state index is 0.268. The van der Waals surface area contributed by atoms with E-state index in [4.69, 9.17) is 15.2 Å². The maximum Gasteiger partial charge on any atom is 0.222 e. The molecule has 1 aliphatic rings. The third-order valence-corrected chi connectivity index (χ3v) is 6.76. The minimum Gasteiger partial charge on any atom is -0.481 e. The van der Waals surface area contributed by atoms with E-state index in [9.17, 15) is 0 Å². The van der Waals surface area contributed by atoms with Crippen LogP contribution < -0.4 is 21.1 Å². The number of hydrogen-bond donors (Lipinski definition) is 3. The maximum atomic E-state index is 6.13. The monoisotopic (exact) mass is 489 g/mol. The Balaban J connectivity index is 1.53. The van der Waals surface area contributed by atoms with E-state index in [2.05, 4.69) is 55.3 Å². The van der Waals surface area contributed by atoms with Crippen LogP contribution in [0.1, 0.15) is 43.7 Å². The van der Waals surface area contributed by atoms with E-state index in [1.807, 2.05) is 18.3 Å². The molecule has 36 heavy (non-hydrogen) atoms. The molecule has 0 saturated carbocycles. The van der Waals surface area contributed by atoms with Gasteiger partial charge in [0, 0.05) is 49.5 Å². The van der Waals surface area contributed by atoms with Crippen LogP contribution >= 0.6 is 0 Å². The molecule has 0 radical (unpaired) electrons. The summed E-state index contributed by atoms with van der Waals surface area (Å²) in [7, 11) is 1.67. The highest BCUT2D eigenvalue weighted by Crippen LogP contribution is 2.34. The lowest BCUT2D eigenvalue weighted by molar-refractivity contribution is 0.0776. The zero-order valence-electron chi connectivity index (χ0n) is 21.1. The van der Waals surface area contributed by atoms with Crippen molar-refractivity contribution >= 4 is 33.7 Å². The van der Waals surface area contributed by atoms with E-state index in [0.29, 0.717) is 18.5 Å². The number of nitrogens with one attached hydrogen (secondary N) is 2. The van der Waals surface area contributed by atoms with Gasteiger partial charge in [0.2, 0.25) is 11.8 Å². The SMILES string of the molecule is CCCCNc1nc(N)nc2c3ccccc3n(Cc3cc(CNC4CCOCC4)cnc3OC)c12. The number of hydrogen-bond acceptors (Lipinski definition) is 8. The Bertz CT molecular complexity index is 1330. The second kappa shape index (κ2) is 11.1. The first kappa shape index (κ1) is 24.3. The van der Waals surface area contributed by atoms with Crippen molar-refractivity contribution in [3.8, 4) is 5.88 Å². The van der Waals surface area contributed by atoms with E-state index in [1.54, 1.807) is 7.11 Å². The number of nitrogens with zero attached hydrogens (tertiary/aromatic N) is 4. The number of benzene rings is 1. The summed E-state index contributed by atoms with van der Waals surface area (Å²) < 4.78 is 13.4. The zero-order chi connectivity index (χ0) is 24.9. The summed E-state index contributed by atoms with van der Waals surface area (Å²) in [6.45, 7) is 5.96. The fourth-order valence-electron chi connectivity index (χ4n) is 4.89. The summed E-state index contributed by atoms with van der Waals surface area (Å²) in [6.07, 6.45) is 6.11. The van der Waals surface area contributed by atoms with Crippen LogP contribution in [0.3, 0.4) is 0 Å². The van der Waals surface area contributed by atoms with Crippen LogP contribution in [0.5, 0.6) is 5.88 Å². The summed E-state index contributed by atoms with van der Waals surface area (Å²) in [6, 6.07) is 10.9. The fourth-order valence-corrected chi connectivity index (χ4v) is 4.89. The molecular formula is C27H35N7O2. The van der Waals surface area contributed by atoms with Crippen molar-refractivity contribution in [1.82, 2.24) is 24.8 Å². The molecule has 190 valence electrons. The average molecular weight is 490 g/mol. The van der Waals surface area contributed by atoms with Gasteiger partial charge in [-0.05, 0) is 37.0 Å². The van der Waals surface area contributed by atoms with Crippen molar-refractivity contribution in [3.63, 3.8) is 0 Å². The van der Waals surface area contributed by atoms with Crippen LogP contribution in [-0.2, 0) is 17.8 Å². The maximum absolute atomic E-state index is 6.13. The third kappa shape index (κ3) is 5.08. The van der Waals surface area contributed by atoms with Gasteiger partial charge in [0.15, 0.2) is 5.82 Å². The summed E-state index contributed by atoms with van der Waals surface area (Å²) in [4.78, 5) is 13.8. The molecule has 3 aromatic heterocycles. The van der Waals surface area contributed by atoms with Crippen LogP contribution in [0.25, 0.3) is 21.9 Å². The molecule has 4 heterocycles. The first-order chi connectivity index (χ1) is 17.7. The fraction of sp³-hybridized carbons (Fsp3) is 0.444. The summed E-state index contributed by atoms with van der Waals surface area (Å²) >= 11 is 0. The Morgan fingerprint density at radius 1 is 1.19 bits per heavy atom. The molecule has 0 bridgehead atoms. The van der Waals surface area contributed by atoms with E-state index in [-0.39, 0.29) is 5.95 Å². The standard InChI is InChI=1S/C27H35N7O2/c1-3-4-11-29-25-24-23(32-27(28)33-25)21-7-5-6-8-22(21)34(24)17-19-14-18(16-31-26(19)35-2)15-30-20-9-12-36-13-10-20/h5-8,14,16,20,30H,3-4,9-13,15,17H2,1-2H3,(H3,28,29,32,33). The minimum atomic E-state index is 0.268. The second-order valence-electron chi connectivity index (χ2n) is 9.29. The number of pyridine rings is 1. The van der Waals surface area contributed by atoms with E-state index in [1.165, 1.54) is 0 Å². The van der Waals surface area contributed by atoms with Crippen LogP contribution in [0.15, 0.2) is 36.5 Å². The number of fused-ring (bicyclic) bond motifs is 3. The molecule has 9 heteroatoms. The molecule has 4 aromatic rings. The van der Waals surface area contributed by atoms with Gasteiger partial charge in [-0.3, -0.25) is 0 Å². The lowest BCUT2D eigenvalue weighted by Crippen LogP contribution is -2.34.